The molecule has 0 saturated carbocycles. The first-order valence-electron chi connectivity index (χ1n) is 7.73. The summed E-state index contributed by atoms with van der Waals surface area (Å²) in [5, 5.41) is 6.69. The molecule has 0 unspecified atom stereocenters. The van der Waals surface area contributed by atoms with E-state index in [1.54, 1.807) is 17.0 Å². The molecule has 1 fully saturated rings. The van der Waals surface area contributed by atoms with Crippen LogP contribution in [0.25, 0.3) is 10.8 Å². The molecule has 7 heteroatoms. The standard InChI is InChI=1S/C17H16N4O3/c1-9-11-4-2-3-5-12(11)16(23)18-15(9)17(24)21-7-10(8-21)13-6-14(22)20-19-13/h2-6,10H,7-8H2,1H3,(H,18,23)(H2,19,20,22). The van der Waals surface area contributed by atoms with E-state index in [0.29, 0.717) is 24.2 Å². The largest absolute Gasteiger partial charge is 0.336 e. The fraction of sp³-hybridized carbons (Fsp3) is 0.235. The van der Waals surface area contributed by atoms with Gasteiger partial charge in [0, 0.05) is 36.2 Å². The van der Waals surface area contributed by atoms with E-state index in [-0.39, 0.29) is 22.9 Å². The Balaban J connectivity index is 1.62. The molecule has 0 atom stereocenters. The molecule has 0 bridgehead atoms. The van der Waals surface area contributed by atoms with Gasteiger partial charge in [0.25, 0.3) is 17.0 Å². The number of nitrogens with one attached hydrogen (secondary N) is 3. The number of likely N-dealkylation sites (tertiary alicyclic amines) is 1. The third-order valence-corrected chi connectivity index (χ3v) is 4.63. The topological polar surface area (TPSA) is 102 Å². The van der Waals surface area contributed by atoms with Crippen LogP contribution in [0.3, 0.4) is 0 Å². The number of aromatic nitrogens is 3. The summed E-state index contributed by atoms with van der Waals surface area (Å²) in [6.07, 6.45) is 0. The molecule has 122 valence electrons. The van der Waals surface area contributed by atoms with Crippen LogP contribution in [0.15, 0.2) is 39.9 Å². The molecule has 0 radical (unpaired) electrons. The van der Waals surface area contributed by atoms with Gasteiger partial charge >= 0.3 is 0 Å². The average Bonchev–Trinajstić information content (AvgIpc) is 2.95. The average molecular weight is 324 g/mol. The first kappa shape index (κ1) is 14.5. The number of pyridine rings is 1. The molecule has 1 aromatic carbocycles. The van der Waals surface area contributed by atoms with E-state index >= 15 is 0 Å². The van der Waals surface area contributed by atoms with E-state index < -0.39 is 0 Å². The smallest absolute Gasteiger partial charge is 0.270 e. The van der Waals surface area contributed by atoms with E-state index in [1.807, 2.05) is 19.1 Å². The number of benzene rings is 1. The summed E-state index contributed by atoms with van der Waals surface area (Å²) in [7, 11) is 0. The van der Waals surface area contributed by atoms with Crippen molar-refractivity contribution >= 4 is 16.7 Å². The number of aryl methyl sites for hydroxylation is 1. The van der Waals surface area contributed by atoms with Crippen LogP contribution in [0, 0.1) is 6.92 Å². The van der Waals surface area contributed by atoms with Crippen LogP contribution in [-0.2, 0) is 0 Å². The van der Waals surface area contributed by atoms with Gasteiger partial charge in [0.2, 0.25) is 0 Å². The maximum absolute atomic E-state index is 12.7. The maximum atomic E-state index is 12.7. The number of rotatable bonds is 2. The first-order chi connectivity index (χ1) is 11.5. The highest BCUT2D eigenvalue weighted by Crippen LogP contribution is 2.27. The maximum Gasteiger partial charge on any atom is 0.270 e. The molecule has 24 heavy (non-hydrogen) atoms. The van der Waals surface area contributed by atoms with Crippen LogP contribution in [0.1, 0.15) is 27.7 Å². The monoisotopic (exact) mass is 324 g/mol. The number of aromatic amines is 3. The van der Waals surface area contributed by atoms with Crippen molar-refractivity contribution in [1.82, 2.24) is 20.1 Å². The number of nitrogens with zero attached hydrogens (tertiary/aromatic N) is 1. The molecule has 4 rings (SSSR count). The molecule has 7 nitrogen and oxygen atoms in total. The number of hydrogen-bond acceptors (Lipinski definition) is 3. The molecule has 1 amide bonds. The quantitative estimate of drug-likeness (QED) is 0.657. The molecule has 0 aliphatic carbocycles. The molecule has 3 heterocycles. The molecule has 0 spiro atoms. The molecule has 1 aliphatic heterocycles. The number of carbonyl (C=O) groups excluding carboxylic acids is 1. The van der Waals surface area contributed by atoms with Gasteiger partial charge in [-0.25, -0.2) is 0 Å². The summed E-state index contributed by atoms with van der Waals surface area (Å²) in [5.74, 6) is -0.0788. The molecule has 1 aliphatic rings. The Hall–Kier alpha value is -3.09. The second-order valence-corrected chi connectivity index (χ2v) is 6.12. The van der Waals surface area contributed by atoms with E-state index in [9.17, 15) is 14.4 Å². The van der Waals surface area contributed by atoms with Gasteiger partial charge in [-0.3, -0.25) is 19.5 Å². The Morgan fingerprint density at radius 3 is 2.50 bits per heavy atom. The van der Waals surface area contributed by atoms with Gasteiger partial charge in [-0.1, -0.05) is 18.2 Å². The van der Waals surface area contributed by atoms with Crippen molar-refractivity contribution in [3.8, 4) is 0 Å². The van der Waals surface area contributed by atoms with Gasteiger partial charge in [-0.05, 0) is 23.9 Å². The van der Waals surface area contributed by atoms with Crippen molar-refractivity contribution < 1.29 is 4.79 Å². The predicted octanol–water partition coefficient (Wildman–Crippen LogP) is 1.09. The predicted molar refractivity (Wildman–Crippen MR) is 89.4 cm³/mol. The van der Waals surface area contributed by atoms with Crippen molar-refractivity contribution in [3.05, 3.63) is 68.0 Å². The lowest BCUT2D eigenvalue weighted by molar-refractivity contribution is 0.0591. The summed E-state index contributed by atoms with van der Waals surface area (Å²) in [4.78, 5) is 40.5. The van der Waals surface area contributed by atoms with Crippen LogP contribution in [0.2, 0.25) is 0 Å². The van der Waals surface area contributed by atoms with E-state index in [4.69, 9.17) is 0 Å². The van der Waals surface area contributed by atoms with E-state index in [1.165, 1.54) is 6.07 Å². The number of carbonyl (C=O) groups is 1. The third kappa shape index (κ3) is 2.17. The number of amides is 1. The van der Waals surface area contributed by atoms with Crippen molar-refractivity contribution in [2.24, 2.45) is 0 Å². The van der Waals surface area contributed by atoms with Gasteiger partial charge in [-0.15, -0.1) is 0 Å². The minimum absolute atomic E-state index is 0.111. The summed E-state index contributed by atoms with van der Waals surface area (Å²) in [5.41, 5.74) is 1.47. The lowest BCUT2D eigenvalue weighted by Gasteiger charge is -2.38. The van der Waals surface area contributed by atoms with E-state index in [0.717, 1.165) is 16.6 Å². The Kier molecular flexibility index (Phi) is 3.16. The van der Waals surface area contributed by atoms with Gasteiger partial charge in [-0.2, -0.15) is 0 Å². The van der Waals surface area contributed by atoms with Crippen LogP contribution in [0.5, 0.6) is 0 Å². The van der Waals surface area contributed by atoms with Crippen molar-refractivity contribution in [3.63, 3.8) is 0 Å². The molecule has 3 aromatic rings. The normalized spacial score (nSPS) is 14.8. The molecule has 2 aromatic heterocycles. The minimum atomic E-state index is -0.258. The van der Waals surface area contributed by atoms with Crippen LogP contribution < -0.4 is 11.1 Å². The zero-order valence-electron chi connectivity index (χ0n) is 13.1. The Morgan fingerprint density at radius 1 is 1.12 bits per heavy atom. The second kappa shape index (κ2) is 5.23. The lowest BCUT2D eigenvalue weighted by Crippen LogP contribution is -2.49. The Bertz CT molecular complexity index is 1050. The summed E-state index contributed by atoms with van der Waals surface area (Å²) >= 11 is 0. The Morgan fingerprint density at radius 2 is 1.83 bits per heavy atom. The van der Waals surface area contributed by atoms with Crippen molar-refractivity contribution in [2.45, 2.75) is 12.8 Å². The highest BCUT2D eigenvalue weighted by molar-refractivity contribution is 5.99. The van der Waals surface area contributed by atoms with Crippen molar-refractivity contribution in [1.29, 1.82) is 0 Å². The van der Waals surface area contributed by atoms with Crippen LogP contribution in [-0.4, -0.2) is 39.1 Å². The molecule has 1 saturated heterocycles. The minimum Gasteiger partial charge on any atom is -0.336 e. The van der Waals surface area contributed by atoms with Gasteiger partial charge < -0.3 is 15.0 Å². The highest BCUT2D eigenvalue weighted by atomic mass is 16.2. The first-order valence-corrected chi connectivity index (χ1v) is 7.73. The fourth-order valence-corrected chi connectivity index (χ4v) is 3.20. The SMILES string of the molecule is Cc1c(C(=O)N2CC(c3cc(=O)[nH][nH]3)C2)[nH]c(=O)c2ccccc12. The lowest BCUT2D eigenvalue weighted by atomic mass is 9.95. The van der Waals surface area contributed by atoms with Crippen LogP contribution in [0.4, 0.5) is 0 Å². The van der Waals surface area contributed by atoms with Crippen LogP contribution >= 0.6 is 0 Å². The number of hydrogen-bond donors (Lipinski definition) is 3. The zero-order chi connectivity index (χ0) is 16.8. The highest BCUT2D eigenvalue weighted by Gasteiger charge is 2.34. The number of fused-ring (bicyclic) bond motifs is 1. The summed E-state index contributed by atoms with van der Waals surface area (Å²) in [6.45, 7) is 2.87. The second-order valence-electron chi connectivity index (χ2n) is 6.12. The third-order valence-electron chi connectivity index (χ3n) is 4.63. The Labute approximate surface area is 136 Å². The van der Waals surface area contributed by atoms with Gasteiger partial charge in [0.1, 0.15) is 5.69 Å². The molecular formula is C17H16N4O3. The summed E-state index contributed by atoms with van der Waals surface area (Å²) in [6, 6.07) is 8.76. The van der Waals surface area contributed by atoms with Gasteiger partial charge in [0.05, 0.1) is 0 Å². The summed E-state index contributed by atoms with van der Waals surface area (Å²) < 4.78 is 0. The number of H-pyrrole nitrogens is 3. The zero-order valence-corrected chi connectivity index (χ0v) is 13.1. The van der Waals surface area contributed by atoms with E-state index in [2.05, 4.69) is 15.2 Å². The molecular weight excluding hydrogens is 308 g/mol. The fourth-order valence-electron chi connectivity index (χ4n) is 3.20. The van der Waals surface area contributed by atoms with Crippen molar-refractivity contribution in [2.75, 3.05) is 13.1 Å². The van der Waals surface area contributed by atoms with Gasteiger partial charge in [0.15, 0.2) is 0 Å². The molecule has 3 N–H and O–H groups in total.